The van der Waals surface area contributed by atoms with Crippen LogP contribution in [0.1, 0.15) is 16.7 Å². The molecule has 2 aromatic carbocycles. The molecule has 22 heavy (non-hydrogen) atoms. The summed E-state index contributed by atoms with van der Waals surface area (Å²) >= 11 is 0. The summed E-state index contributed by atoms with van der Waals surface area (Å²) < 4.78 is 2.06. The van der Waals surface area contributed by atoms with Crippen LogP contribution >= 0.6 is 0 Å². The number of amides is 1. The minimum absolute atomic E-state index is 0.0151. The molecule has 3 heteroatoms. The van der Waals surface area contributed by atoms with Crippen LogP contribution in [-0.2, 0) is 18.3 Å². The maximum Gasteiger partial charge on any atom is 0.228 e. The predicted molar refractivity (Wildman–Crippen MR) is 91.2 cm³/mol. The van der Waals surface area contributed by atoms with E-state index in [1.807, 2.05) is 51.4 Å². The normalized spacial score (nSPS) is 10.9. The van der Waals surface area contributed by atoms with Gasteiger partial charge in [-0.15, -0.1) is 0 Å². The molecule has 1 N–H and O–H groups in total. The van der Waals surface area contributed by atoms with Crippen molar-refractivity contribution in [1.29, 1.82) is 0 Å². The number of carbonyl (C=O) groups is 1. The van der Waals surface area contributed by atoms with Gasteiger partial charge in [-0.2, -0.15) is 0 Å². The van der Waals surface area contributed by atoms with Gasteiger partial charge < -0.3 is 9.88 Å². The molecule has 112 valence electrons. The number of anilines is 1. The lowest BCUT2D eigenvalue weighted by molar-refractivity contribution is -0.115. The Bertz CT molecular complexity index is 826. The number of nitrogens with one attached hydrogen (secondary N) is 1. The Labute approximate surface area is 130 Å². The third kappa shape index (κ3) is 2.89. The summed E-state index contributed by atoms with van der Waals surface area (Å²) in [5, 5.41) is 4.14. The third-order valence-corrected chi connectivity index (χ3v) is 3.84. The van der Waals surface area contributed by atoms with E-state index in [0.717, 1.165) is 33.3 Å². The molecule has 0 aliphatic rings. The first-order valence-corrected chi connectivity index (χ1v) is 7.44. The van der Waals surface area contributed by atoms with Crippen LogP contribution in [0.15, 0.2) is 48.7 Å². The number of hydrogen-bond acceptors (Lipinski definition) is 1. The standard InChI is InChI=1S/C19H20N2O/c1-13-8-14(2)10-16(9-13)20-19(22)11-15-12-21(3)18-7-5-4-6-17(15)18/h4-10,12H,11H2,1-3H3,(H,20,22). The van der Waals surface area contributed by atoms with Crippen LogP contribution in [-0.4, -0.2) is 10.5 Å². The average molecular weight is 292 g/mol. The van der Waals surface area contributed by atoms with Gasteiger partial charge in [-0.25, -0.2) is 0 Å². The van der Waals surface area contributed by atoms with Crippen LogP contribution in [0.4, 0.5) is 5.69 Å². The first-order valence-electron chi connectivity index (χ1n) is 7.44. The number of aryl methyl sites for hydroxylation is 3. The van der Waals surface area contributed by atoms with Gasteiger partial charge in [0.1, 0.15) is 0 Å². The Hall–Kier alpha value is -2.55. The van der Waals surface area contributed by atoms with Gasteiger partial charge >= 0.3 is 0 Å². The molecule has 0 saturated carbocycles. The van der Waals surface area contributed by atoms with Gasteiger partial charge in [-0.05, 0) is 48.7 Å². The second-order valence-corrected chi connectivity index (χ2v) is 5.88. The SMILES string of the molecule is Cc1cc(C)cc(NC(=O)Cc2cn(C)c3ccccc23)c1. The lowest BCUT2D eigenvalue weighted by Crippen LogP contribution is -2.14. The molecule has 0 aliphatic carbocycles. The number of nitrogens with zero attached hydrogens (tertiary/aromatic N) is 1. The Morgan fingerprint density at radius 3 is 2.50 bits per heavy atom. The highest BCUT2D eigenvalue weighted by atomic mass is 16.1. The number of para-hydroxylation sites is 1. The smallest absolute Gasteiger partial charge is 0.228 e. The Kier molecular flexibility index (Phi) is 3.72. The molecule has 0 bridgehead atoms. The van der Waals surface area contributed by atoms with E-state index in [4.69, 9.17) is 0 Å². The number of rotatable bonds is 3. The van der Waals surface area contributed by atoms with Gasteiger partial charge in [0.15, 0.2) is 0 Å². The van der Waals surface area contributed by atoms with E-state index in [9.17, 15) is 4.79 Å². The van der Waals surface area contributed by atoms with Crippen molar-refractivity contribution in [2.45, 2.75) is 20.3 Å². The fourth-order valence-electron chi connectivity index (χ4n) is 2.99. The lowest BCUT2D eigenvalue weighted by atomic mass is 10.1. The molecule has 3 aromatic rings. The van der Waals surface area contributed by atoms with Crippen LogP contribution in [0.3, 0.4) is 0 Å². The largest absolute Gasteiger partial charge is 0.350 e. The minimum atomic E-state index is 0.0151. The first kappa shape index (κ1) is 14.4. The van der Waals surface area contributed by atoms with Gasteiger partial charge in [0.2, 0.25) is 5.91 Å². The Morgan fingerprint density at radius 2 is 1.77 bits per heavy atom. The zero-order valence-corrected chi connectivity index (χ0v) is 13.2. The number of carbonyl (C=O) groups excluding carboxylic acids is 1. The fourth-order valence-corrected chi connectivity index (χ4v) is 2.99. The summed E-state index contributed by atoms with van der Waals surface area (Å²) in [6, 6.07) is 14.2. The summed E-state index contributed by atoms with van der Waals surface area (Å²) in [5.41, 5.74) is 5.38. The molecule has 1 amide bonds. The van der Waals surface area contributed by atoms with Crippen molar-refractivity contribution in [2.75, 3.05) is 5.32 Å². The van der Waals surface area contributed by atoms with E-state index in [1.54, 1.807) is 0 Å². The fraction of sp³-hybridized carbons (Fsp3) is 0.211. The van der Waals surface area contributed by atoms with Crippen molar-refractivity contribution in [3.63, 3.8) is 0 Å². The van der Waals surface area contributed by atoms with Gasteiger partial charge in [0.25, 0.3) is 0 Å². The van der Waals surface area contributed by atoms with Crippen molar-refractivity contribution in [1.82, 2.24) is 4.57 Å². The minimum Gasteiger partial charge on any atom is -0.350 e. The van der Waals surface area contributed by atoms with Crippen molar-refractivity contribution in [3.8, 4) is 0 Å². The molecular formula is C19H20N2O. The van der Waals surface area contributed by atoms with E-state index >= 15 is 0 Å². The summed E-state index contributed by atoms with van der Waals surface area (Å²) in [5.74, 6) is 0.0151. The maximum absolute atomic E-state index is 12.3. The molecule has 0 fully saturated rings. The number of fused-ring (bicyclic) bond motifs is 1. The molecule has 1 heterocycles. The summed E-state index contributed by atoms with van der Waals surface area (Å²) in [6.07, 6.45) is 2.42. The molecular weight excluding hydrogens is 272 g/mol. The second kappa shape index (κ2) is 5.68. The molecule has 1 aromatic heterocycles. The Morgan fingerprint density at radius 1 is 1.09 bits per heavy atom. The van der Waals surface area contributed by atoms with Crippen molar-refractivity contribution < 1.29 is 4.79 Å². The maximum atomic E-state index is 12.3. The predicted octanol–water partition coefficient (Wildman–Crippen LogP) is 3.98. The van der Waals surface area contributed by atoms with Gasteiger partial charge in [0, 0.05) is 29.8 Å². The first-order chi connectivity index (χ1) is 10.5. The van der Waals surface area contributed by atoms with E-state index in [1.165, 1.54) is 0 Å². The molecule has 0 aliphatic heterocycles. The molecule has 0 atom stereocenters. The number of aromatic nitrogens is 1. The Balaban J connectivity index is 1.81. The van der Waals surface area contributed by atoms with Crippen LogP contribution in [0, 0.1) is 13.8 Å². The monoisotopic (exact) mass is 292 g/mol. The topological polar surface area (TPSA) is 34.0 Å². The van der Waals surface area contributed by atoms with E-state index in [0.29, 0.717) is 6.42 Å². The van der Waals surface area contributed by atoms with Crippen molar-refractivity contribution in [2.24, 2.45) is 7.05 Å². The molecule has 0 radical (unpaired) electrons. The lowest BCUT2D eigenvalue weighted by Gasteiger charge is -2.07. The molecule has 0 unspecified atom stereocenters. The molecule has 0 saturated heterocycles. The van der Waals surface area contributed by atoms with Crippen LogP contribution in [0.5, 0.6) is 0 Å². The van der Waals surface area contributed by atoms with Crippen molar-refractivity contribution in [3.05, 3.63) is 65.4 Å². The average Bonchev–Trinajstić information content (AvgIpc) is 2.75. The number of benzene rings is 2. The highest BCUT2D eigenvalue weighted by Gasteiger charge is 2.10. The highest BCUT2D eigenvalue weighted by Crippen LogP contribution is 2.21. The zero-order valence-electron chi connectivity index (χ0n) is 13.2. The quantitative estimate of drug-likeness (QED) is 0.778. The van der Waals surface area contributed by atoms with Crippen LogP contribution in [0.25, 0.3) is 10.9 Å². The van der Waals surface area contributed by atoms with Crippen molar-refractivity contribution >= 4 is 22.5 Å². The molecule has 3 rings (SSSR count). The highest BCUT2D eigenvalue weighted by molar-refractivity contribution is 5.96. The van der Waals surface area contributed by atoms with Crippen LogP contribution < -0.4 is 5.32 Å². The van der Waals surface area contributed by atoms with Crippen LogP contribution in [0.2, 0.25) is 0 Å². The van der Waals surface area contributed by atoms with Gasteiger partial charge in [-0.1, -0.05) is 24.3 Å². The van der Waals surface area contributed by atoms with E-state index < -0.39 is 0 Å². The summed E-state index contributed by atoms with van der Waals surface area (Å²) in [4.78, 5) is 12.3. The summed E-state index contributed by atoms with van der Waals surface area (Å²) in [6.45, 7) is 4.07. The second-order valence-electron chi connectivity index (χ2n) is 5.88. The zero-order chi connectivity index (χ0) is 15.7. The van der Waals surface area contributed by atoms with E-state index in [-0.39, 0.29) is 5.91 Å². The van der Waals surface area contributed by atoms with Gasteiger partial charge in [-0.3, -0.25) is 4.79 Å². The summed E-state index contributed by atoms with van der Waals surface area (Å²) in [7, 11) is 2.01. The third-order valence-electron chi connectivity index (χ3n) is 3.84. The van der Waals surface area contributed by atoms with E-state index in [2.05, 4.69) is 28.1 Å². The molecule has 3 nitrogen and oxygen atoms in total. The molecule has 0 spiro atoms. The van der Waals surface area contributed by atoms with Gasteiger partial charge in [0.05, 0.1) is 6.42 Å². The number of hydrogen-bond donors (Lipinski definition) is 1.